The first-order valence-electron chi connectivity index (χ1n) is 11.2. The molecule has 0 atom stereocenters. The van der Waals surface area contributed by atoms with Crippen molar-refractivity contribution < 1.29 is 0 Å². The van der Waals surface area contributed by atoms with Gasteiger partial charge in [0.2, 0.25) is 0 Å². The Labute approximate surface area is 194 Å². The second-order valence-corrected chi connectivity index (χ2v) is 8.38. The van der Waals surface area contributed by atoms with Gasteiger partial charge in [-0.25, -0.2) is 15.0 Å². The summed E-state index contributed by atoms with van der Waals surface area (Å²) >= 11 is 0. The van der Waals surface area contributed by atoms with Crippen LogP contribution in [0.1, 0.15) is 25.6 Å². The molecule has 5 rings (SSSR count). The lowest BCUT2D eigenvalue weighted by Crippen LogP contribution is -2.04. The molecule has 1 aromatic heterocycles. The van der Waals surface area contributed by atoms with Crippen LogP contribution in [0.2, 0.25) is 0 Å². The van der Waals surface area contributed by atoms with Crippen LogP contribution in [0, 0.1) is 0 Å². The van der Waals surface area contributed by atoms with Crippen molar-refractivity contribution in [2.45, 2.75) is 19.8 Å². The first-order valence-corrected chi connectivity index (χ1v) is 11.2. The van der Waals surface area contributed by atoms with Gasteiger partial charge in [0.25, 0.3) is 0 Å². The number of hydrogen-bond donors (Lipinski definition) is 0. The van der Waals surface area contributed by atoms with Crippen LogP contribution in [-0.2, 0) is 0 Å². The summed E-state index contributed by atoms with van der Waals surface area (Å²) in [5.74, 6) is 2.41. The molecule has 33 heavy (non-hydrogen) atoms. The minimum absolute atomic E-state index is 0.206. The van der Waals surface area contributed by atoms with E-state index in [4.69, 9.17) is 15.0 Å². The number of aromatic nitrogens is 3. The van der Waals surface area contributed by atoms with Crippen LogP contribution < -0.4 is 0 Å². The summed E-state index contributed by atoms with van der Waals surface area (Å²) in [5.41, 5.74) is 6.72. The average Bonchev–Trinajstić information content (AvgIpc) is 2.89. The Bertz CT molecular complexity index is 1240. The molecule has 0 bridgehead atoms. The lowest BCUT2D eigenvalue weighted by molar-refractivity contribution is 0.766. The third-order valence-corrected chi connectivity index (χ3v) is 5.67. The first-order chi connectivity index (χ1) is 16.2. The molecule has 0 amide bonds. The van der Waals surface area contributed by atoms with Gasteiger partial charge in [-0.3, -0.25) is 0 Å². The minimum atomic E-state index is 0.206. The lowest BCUT2D eigenvalue weighted by Gasteiger charge is -2.11. The van der Waals surface area contributed by atoms with Gasteiger partial charge in [0.1, 0.15) is 5.82 Å². The van der Waals surface area contributed by atoms with Crippen LogP contribution in [0.4, 0.5) is 0 Å². The molecule has 4 aromatic carbocycles. The topological polar surface area (TPSA) is 38.7 Å². The van der Waals surface area contributed by atoms with E-state index in [1.807, 2.05) is 12.1 Å². The maximum absolute atomic E-state index is 4.84. The number of nitrogens with zero attached hydrogens (tertiary/aromatic N) is 3. The quantitative estimate of drug-likeness (QED) is 0.289. The normalized spacial score (nSPS) is 11.0. The summed E-state index contributed by atoms with van der Waals surface area (Å²) in [6, 6.07) is 37.6. The zero-order valence-electron chi connectivity index (χ0n) is 18.8. The Morgan fingerprint density at radius 3 is 1.09 bits per heavy atom. The maximum Gasteiger partial charge on any atom is 0.163 e. The van der Waals surface area contributed by atoms with Crippen LogP contribution in [0.15, 0.2) is 109 Å². The van der Waals surface area contributed by atoms with E-state index in [0.29, 0.717) is 11.6 Å². The monoisotopic (exact) mass is 427 g/mol. The van der Waals surface area contributed by atoms with E-state index in [1.54, 1.807) is 0 Å². The van der Waals surface area contributed by atoms with E-state index in [0.717, 1.165) is 17.0 Å². The highest BCUT2D eigenvalue weighted by molar-refractivity contribution is 5.70. The molecule has 5 aromatic rings. The molecule has 160 valence electrons. The minimum Gasteiger partial charge on any atom is -0.213 e. The third kappa shape index (κ3) is 4.58. The zero-order valence-corrected chi connectivity index (χ0v) is 18.8. The van der Waals surface area contributed by atoms with E-state index in [-0.39, 0.29) is 5.92 Å². The Hall–Kier alpha value is -4.11. The van der Waals surface area contributed by atoms with Gasteiger partial charge in [-0.1, -0.05) is 123 Å². The van der Waals surface area contributed by atoms with Gasteiger partial charge < -0.3 is 0 Å². The second-order valence-electron chi connectivity index (χ2n) is 8.38. The molecule has 0 spiro atoms. The molecule has 0 unspecified atom stereocenters. The Morgan fingerprint density at radius 1 is 0.394 bits per heavy atom. The van der Waals surface area contributed by atoms with Crippen molar-refractivity contribution in [3.8, 4) is 45.0 Å². The molecular weight excluding hydrogens is 402 g/mol. The zero-order chi connectivity index (χ0) is 22.6. The van der Waals surface area contributed by atoms with E-state index < -0.39 is 0 Å². The van der Waals surface area contributed by atoms with Gasteiger partial charge in [0.05, 0.1) is 0 Å². The second kappa shape index (κ2) is 9.17. The molecule has 0 radical (unpaired) electrons. The van der Waals surface area contributed by atoms with Gasteiger partial charge in [-0.05, 0) is 22.3 Å². The Kier molecular flexibility index (Phi) is 5.77. The molecule has 1 heterocycles. The van der Waals surface area contributed by atoms with Crippen molar-refractivity contribution in [2.75, 3.05) is 0 Å². The predicted molar refractivity (Wildman–Crippen MR) is 136 cm³/mol. The van der Waals surface area contributed by atoms with Crippen LogP contribution >= 0.6 is 0 Å². The van der Waals surface area contributed by atoms with Crippen molar-refractivity contribution in [3.05, 3.63) is 115 Å². The van der Waals surface area contributed by atoms with Crippen molar-refractivity contribution in [1.29, 1.82) is 0 Å². The van der Waals surface area contributed by atoms with Crippen LogP contribution in [0.3, 0.4) is 0 Å². The van der Waals surface area contributed by atoms with E-state index in [1.165, 1.54) is 22.3 Å². The van der Waals surface area contributed by atoms with Crippen molar-refractivity contribution >= 4 is 0 Å². The molecule has 0 saturated heterocycles. The highest BCUT2D eigenvalue weighted by atomic mass is 15.0. The summed E-state index contributed by atoms with van der Waals surface area (Å²) in [5, 5.41) is 0. The Balaban J connectivity index is 1.50. The van der Waals surface area contributed by atoms with Gasteiger partial charge in [0.15, 0.2) is 11.6 Å². The fourth-order valence-electron chi connectivity index (χ4n) is 3.79. The molecule has 3 nitrogen and oxygen atoms in total. The summed E-state index contributed by atoms with van der Waals surface area (Å²) in [6.07, 6.45) is 0. The van der Waals surface area contributed by atoms with Crippen molar-refractivity contribution in [3.63, 3.8) is 0 Å². The molecule has 3 heteroatoms. The summed E-state index contributed by atoms with van der Waals surface area (Å²) in [7, 11) is 0. The van der Waals surface area contributed by atoms with Crippen LogP contribution in [0.25, 0.3) is 45.0 Å². The highest BCUT2D eigenvalue weighted by Crippen LogP contribution is 2.27. The molecule has 0 saturated carbocycles. The van der Waals surface area contributed by atoms with E-state index in [2.05, 4.69) is 111 Å². The summed E-state index contributed by atoms with van der Waals surface area (Å²) in [6.45, 7) is 4.22. The SMILES string of the molecule is CC(C)c1nc(-c2ccc(-c3ccccc3)cc2)nc(-c2ccc(-c3ccccc3)cc2)n1. The first kappa shape index (κ1) is 20.8. The van der Waals surface area contributed by atoms with Gasteiger partial charge in [0, 0.05) is 17.0 Å². The third-order valence-electron chi connectivity index (χ3n) is 5.67. The predicted octanol–water partition coefficient (Wildman–Crippen LogP) is 7.66. The smallest absolute Gasteiger partial charge is 0.163 e. The van der Waals surface area contributed by atoms with Crippen LogP contribution in [0.5, 0.6) is 0 Å². The maximum atomic E-state index is 4.84. The van der Waals surface area contributed by atoms with Gasteiger partial charge >= 0.3 is 0 Å². The summed E-state index contributed by atoms with van der Waals surface area (Å²) in [4.78, 5) is 14.4. The van der Waals surface area contributed by atoms with E-state index in [9.17, 15) is 0 Å². The average molecular weight is 428 g/mol. The van der Waals surface area contributed by atoms with Crippen LogP contribution in [-0.4, -0.2) is 15.0 Å². The number of hydrogen-bond acceptors (Lipinski definition) is 3. The van der Waals surface area contributed by atoms with E-state index >= 15 is 0 Å². The molecule has 0 aliphatic carbocycles. The largest absolute Gasteiger partial charge is 0.213 e. The number of rotatable bonds is 5. The van der Waals surface area contributed by atoms with Gasteiger partial charge in [-0.2, -0.15) is 0 Å². The molecule has 0 aliphatic rings. The van der Waals surface area contributed by atoms with Crippen molar-refractivity contribution in [2.24, 2.45) is 0 Å². The molecule has 0 fully saturated rings. The summed E-state index contributed by atoms with van der Waals surface area (Å²) < 4.78 is 0. The number of benzene rings is 4. The fraction of sp³-hybridized carbons (Fsp3) is 0.100. The fourth-order valence-corrected chi connectivity index (χ4v) is 3.79. The molecular formula is C30H25N3. The lowest BCUT2D eigenvalue weighted by atomic mass is 10.0. The van der Waals surface area contributed by atoms with Crippen molar-refractivity contribution in [1.82, 2.24) is 15.0 Å². The Morgan fingerprint density at radius 2 is 0.727 bits per heavy atom. The molecule has 0 aliphatic heterocycles. The van der Waals surface area contributed by atoms with Gasteiger partial charge in [-0.15, -0.1) is 0 Å². The highest BCUT2D eigenvalue weighted by Gasteiger charge is 2.13. The standard InChI is InChI=1S/C30H25N3/c1-21(2)28-31-29(26-17-13-24(14-18-26)22-9-5-3-6-10-22)33-30(32-28)27-19-15-25(16-20-27)23-11-7-4-8-12-23/h3-21H,1-2H3. The molecule has 0 N–H and O–H groups in total.